The second-order valence-corrected chi connectivity index (χ2v) is 6.75. The number of amides is 1. The molecule has 0 spiro atoms. The van der Waals surface area contributed by atoms with E-state index in [1.165, 1.54) is 12.3 Å². The zero-order valence-electron chi connectivity index (χ0n) is 16.0. The van der Waals surface area contributed by atoms with E-state index in [9.17, 15) is 18.0 Å². The van der Waals surface area contributed by atoms with Gasteiger partial charge in [-0.2, -0.15) is 13.2 Å². The van der Waals surface area contributed by atoms with Crippen molar-refractivity contribution in [1.82, 2.24) is 9.97 Å². The molecule has 0 saturated carbocycles. The number of aromatic nitrogens is 2. The Kier molecular flexibility index (Phi) is 6.31. The number of halogens is 4. The van der Waals surface area contributed by atoms with Crippen molar-refractivity contribution in [3.05, 3.63) is 58.9 Å². The van der Waals surface area contributed by atoms with Crippen LogP contribution in [0.3, 0.4) is 0 Å². The smallest absolute Gasteiger partial charge is 0.422 e. The summed E-state index contributed by atoms with van der Waals surface area (Å²) >= 11 is 5.89. The van der Waals surface area contributed by atoms with Crippen LogP contribution in [-0.2, 0) is 6.42 Å². The molecule has 0 bridgehead atoms. The van der Waals surface area contributed by atoms with E-state index in [2.05, 4.69) is 15.3 Å². The number of rotatable bonds is 6. The molecule has 1 N–H and O–H groups in total. The van der Waals surface area contributed by atoms with Crippen LogP contribution < -0.4 is 10.1 Å². The van der Waals surface area contributed by atoms with Crippen LogP contribution in [0.15, 0.2) is 40.9 Å². The monoisotopic (exact) mass is 439 g/mol. The molecule has 0 fully saturated rings. The molecular weight excluding hydrogens is 423 g/mol. The van der Waals surface area contributed by atoms with Crippen LogP contribution in [-0.4, -0.2) is 28.7 Å². The number of hydrogen-bond acceptors (Lipinski definition) is 5. The van der Waals surface area contributed by atoms with Crippen LogP contribution in [0.1, 0.15) is 29.1 Å². The van der Waals surface area contributed by atoms with E-state index in [1.807, 2.05) is 6.92 Å². The van der Waals surface area contributed by atoms with E-state index in [1.54, 1.807) is 31.2 Å². The summed E-state index contributed by atoms with van der Waals surface area (Å²) in [4.78, 5) is 20.6. The highest BCUT2D eigenvalue weighted by atomic mass is 35.5. The number of benzene rings is 1. The third-order valence-corrected chi connectivity index (χ3v) is 4.24. The molecule has 158 valence electrons. The average molecular weight is 440 g/mol. The van der Waals surface area contributed by atoms with Crippen molar-refractivity contribution in [2.24, 2.45) is 0 Å². The van der Waals surface area contributed by atoms with Gasteiger partial charge in [0.2, 0.25) is 11.6 Å². The van der Waals surface area contributed by atoms with E-state index in [0.717, 1.165) is 0 Å². The normalized spacial score (nSPS) is 11.4. The summed E-state index contributed by atoms with van der Waals surface area (Å²) in [6.07, 6.45) is -2.79. The number of carbonyl (C=O) groups excluding carboxylic acids is 1. The first-order chi connectivity index (χ1) is 14.2. The summed E-state index contributed by atoms with van der Waals surface area (Å²) in [5, 5.41) is 3.08. The number of nitrogens with zero attached hydrogens (tertiary/aromatic N) is 2. The van der Waals surface area contributed by atoms with Crippen molar-refractivity contribution < 1.29 is 27.1 Å². The maximum absolute atomic E-state index is 12.6. The molecule has 3 aromatic rings. The number of carbonyl (C=O) groups is 1. The summed E-state index contributed by atoms with van der Waals surface area (Å²) in [5.74, 6) is -0.296. The van der Waals surface area contributed by atoms with Gasteiger partial charge in [-0.15, -0.1) is 0 Å². The van der Waals surface area contributed by atoms with Gasteiger partial charge in [0.25, 0.3) is 5.91 Å². The van der Waals surface area contributed by atoms with Crippen molar-refractivity contribution in [2.45, 2.75) is 26.4 Å². The third kappa shape index (κ3) is 5.29. The fourth-order valence-electron chi connectivity index (χ4n) is 2.62. The second kappa shape index (κ2) is 8.74. The number of pyridine rings is 1. The van der Waals surface area contributed by atoms with E-state index >= 15 is 0 Å². The molecule has 6 nitrogen and oxygen atoms in total. The zero-order valence-corrected chi connectivity index (χ0v) is 16.8. The molecule has 0 unspecified atom stereocenters. The standard InChI is InChI=1S/C20H17ClF3N3O3/c1-3-16-26-11(2)17(30-16)18(28)27-14-8-15(12-4-6-13(21)7-5-12)19(25-9-14)29-10-20(22,23)24/h4-9H,3,10H2,1-2H3,(H,27,28). The van der Waals surface area contributed by atoms with Crippen molar-refractivity contribution in [3.8, 4) is 17.0 Å². The SMILES string of the molecule is CCc1nc(C)c(C(=O)Nc2cnc(OCC(F)(F)F)c(-c3ccc(Cl)cc3)c2)o1. The minimum absolute atomic E-state index is 0.0530. The summed E-state index contributed by atoms with van der Waals surface area (Å²) in [7, 11) is 0. The molecule has 0 aliphatic carbocycles. The van der Waals surface area contributed by atoms with Crippen LogP contribution in [0.25, 0.3) is 11.1 Å². The van der Waals surface area contributed by atoms with Crippen LogP contribution in [0.4, 0.5) is 18.9 Å². The highest BCUT2D eigenvalue weighted by Crippen LogP contribution is 2.32. The topological polar surface area (TPSA) is 77.2 Å². The Morgan fingerprint density at radius 2 is 1.97 bits per heavy atom. The first-order valence-corrected chi connectivity index (χ1v) is 9.27. The Bertz CT molecular complexity index is 1050. The largest absolute Gasteiger partial charge is 0.468 e. The van der Waals surface area contributed by atoms with E-state index in [0.29, 0.717) is 28.6 Å². The first-order valence-electron chi connectivity index (χ1n) is 8.89. The zero-order chi connectivity index (χ0) is 21.9. The molecule has 0 saturated heterocycles. The molecule has 0 atom stereocenters. The van der Waals surface area contributed by atoms with Gasteiger partial charge in [-0.1, -0.05) is 30.7 Å². The predicted molar refractivity (Wildman–Crippen MR) is 105 cm³/mol. The summed E-state index contributed by atoms with van der Waals surface area (Å²) < 4.78 is 48.1. The molecule has 1 amide bonds. The van der Waals surface area contributed by atoms with E-state index in [-0.39, 0.29) is 22.9 Å². The lowest BCUT2D eigenvalue weighted by molar-refractivity contribution is -0.154. The Labute approximate surface area is 175 Å². The Balaban J connectivity index is 1.92. The molecule has 0 aliphatic rings. The molecule has 0 radical (unpaired) electrons. The van der Waals surface area contributed by atoms with E-state index < -0.39 is 18.7 Å². The van der Waals surface area contributed by atoms with Crippen LogP contribution in [0.5, 0.6) is 5.88 Å². The lowest BCUT2D eigenvalue weighted by atomic mass is 10.1. The van der Waals surface area contributed by atoms with Crippen molar-refractivity contribution in [3.63, 3.8) is 0 Å². The maximum Gasteiger partial charge on any atom is 0.422 e. The summed E-state index contributed by atoms with van der Waals surface area (Å²) in [5.41, 5.74) is 1.46. The van der Waals surface area contributed by atoms with Gasteiger partial charge in [0.15, 0.2) is 12.5 Å². The molecule has 0 aliphatic heterocycles. The van der Waals surface area contributed by atoms with Gasteiger partial charge in [-0.25, -0.2) is 9.97 Å². The number of oxazole rings is 1. The summed E-state index contributed by atoms with van der Waals surface area (Å²) in [6.45, 7) is 1.99. The number of ether oxygens (including phenoxy) is 1. The van der Waals surface area contributed by atoms with Crippen molar-refractivity contribution in [1.29, 1.82) is 0 Å². The minimum Gasteiger partial charge on any atom is -0.468 e. The molecular formula is C20H17ClF3N3O3. The fourth-order valence-corrected chi connectivity index (χ4v) is 2.75. The first kappa shape index (κ1) is 21.6. The van der Waals surface area contributed by atoms with Gasteiger partial charge >= 0.3 is 6.18 Å². The Morgan fingerprint density at radius 1 is 1.27 bits per heavy atom. The minimum atomic E-state index is -4.52. The highest BCUT2D eigenvalue weighted by molar-refractivity contribution is 6.30. The van der Waals surface area contributed by atoms with Crippen LogP contribution >= 0.6 is 11.6 Å². The van der Waals surface area contributed by atoms with E-state index in [4.69, 9.17) is 20.8 Å². The molecule has 2 heterocycles. The van der Waals surface area contributed by atoms with Crippen molar-refractivity contribution in [2.75, 3.05) is 11.9 Å². The molecule has 30 heavy (non-hydrogen) atoms. The van der Waals surface area contributed by atoms with Gasteiger partial charge in [-0.3, -0.25) is 4.79 Å². The quantitative estimate of drug-likeness (QED) is 0.552. The highest BCUT2D eigenvalue weighted by Gasteiger charge is 2.29. The number of anilines is 1. The second-order valence-electron chi connectivity index (χ2n) is 6.32. The fraction of sp³-hybridized carbons (Fsp3) is 0.250. The number of aryl methyl sites for hydroxylation is 2. The third-order valence-electron chi connectivity index (χ3n) is 3.99. The van der Waals surface area contributed by atoms with Gasteiger partial charge < -0.3 is 14.5 Å². The number of nitrogens with one attached hydrogen (secondary N) is 1. The predicted octanol–water partition coefficient (Wildman–Crippen LogP) is 5.45. The van der Waals surface area contributed by atoms with Gasteiger partial charge in [0.1, 0.15) is 0 Å². The number of alkyl halides is 3. The van der Waals surface area contributed by atoms with Gasteiger partial charge in [0.05, 0.1) is 17.6 Å². The molecule has 2 aromatic heterocycles. The Hall–Kier alpha value is -3.07. The molecule has 10 heteroatoms. The van der Waals surface area contributed by atoms with Gasteiger partial charge in [-0.05, 0) is 30.7 Å². The average Bonchev–Trinajstić information content (AvgIpc) is 3.08. The van der Waals surface area contributed by atoms with Crippen LogP contribution in [0.2, 0.25) is 5.02 Å². The van der Waals surface area contributed by atoms with Crippen molar-refractivity contribution >= 4 is 23.2 Å². The molecule has 3 rings (SSSR count). The van der Waals surface area contributed by atoms with Crippen LogP contribution in [0, 0.1) is 6.92 Å². The lowest BCUT2D eigenvalue weighted by Crippen LogP contribution is -2.20. The Morgan fingerprint density at radius 3 is 2.57 bits per heavy atom. The summed E-state index contributed by atoms with van der Waals surface area (Å²) in [6, 6.07) is 7.85. The van der Waals surface area contributed by atoms with Gasteiger partial charge in [0, 0.05) is 17.0 Å². The lowest BCUT2D eigenvalue weighted by Gasteiger charge is -2.14. The molecule has 1 aromatic carbocycles. The maximum atomic E-state index is 12.6. The number of hydrogen-bond donors (Lipinski definition) is 1.